The molecule has 1 aliphatic rings. The molecule has 0 amide bonds. The maximum absolute atomic E-state index is 4.66. The summed E-state index contributed by atoms with van der Waals surface area (Å²) in [6.07, 6.45) is 2.14. The van der Waals surface area contributed by atoms with Crippen molar-refractivity contribution in [3.63, 3.8) is 0 Å². The van der Waals surface area contributed by atoms with E-state index in [0.29, 0.717) is 0 Å². The zero-order chi connectivity index (χ0) is 12.5. The molecule has 0 atom stereocenters. The average molecular weight is 244 g/mol. The molecule has 3 rings (SSSR count). The van der Waals surface area contributed by atoms with Crippen molar-refractivity contribution in [1.29, 1.82) is 0 Å². The van der Waals surface area contributed by atoms with Crippen molar-refractivity contribution in [3.05, 3.63) is 35.3 Å². The predicted molar refractivity (Wildman–Crippen MR) is 72.8 cm³/mol. The number of hydrogen-bond acceptors (Lipinski definition) is 3. The van der Waals surface area contributed by atoms with Crippen LogP contribution in [0.4, 0.5) is 0 Å². The van der Waals surface area contributed by atoms with E-state index in [-0.39, 0.29) is 0 Å². The van der Waals surface area contributed by atoms with E-state index in [4.69, 9.17) is 0 Å². The lowest BCUT2D eigenvalue weighted by atomic mass is 10.2. The van der Waals surface area contributed by atoms with Crippen molar-refractivity contribution in [2.75, 3.05) is 26.2 Å². The summed E-state index contributed by atoms with van der Waals surface area (Å²) < 4.78 is 2.23. The number of piperazine rings is 1. The lowest BCUT2D eigenvalue weighted by molar-refractivity contribution is 0.230. The van der Waals surface area contributed by atoms with Gasteiger partial charge in [0.05, 0.1) is 11.4 Å². The van der Waals surface area contributed by atoms with E-state index in [1.807, 2.05) is 0 Å². The van der Waals surface area contributed by atoms with Crippen LogP contribution in [0.5, 0.6) is 0 Å². The van der Waals surface area contributed by atoms with Crippen LogP contribution in [0, 0.1) is 13.8 Å². The van der Waals surface area contributed by atoms with Crippen LogP contribution in [0.3, 0.4) is 0 Å². The maximum atomic E-state index is 4.66. The lowest BCUT2D eigenvalue weighted by Gasteiger charge is -2.27. The molecule has 0 saturated carbocycles. The molecule has 2 aromatic rings. The highest BCUT2D eigenvalue weighted by Gasteiger charge is 2.15. The van der Waals surface area contributed by atoms with E-state index >= 15 is 0 Å². The molecule has 0 spiro atoms. The number of aryl methyl sites for hydroxylation is 2. The number of imidazole rings is 1. The summed E-state index contributed by atoms with van der Waals surface area (Å²) >= 11 is 0. The summed E-state index contributed by atoms with van der Waals surface area (Å²) in [5, 5.41) is 3.39. The summed E-state index contributed by atoms with van der Waals surface area (Å²) in [5.41, 5.74) is 4.81. The first-order chi connectivity index (χ1) is 8.74. The first kappa shape index (κ1) is 11.7. The smallest absolute Gasteiger partial charge is 0.137 e. The zero-order valence-corrected chi connectivity index (χ0v) is 11.1. The molecule has 2 aromatic heterocycles. The van der Waals surface area contributed by atoms with Gasteiger partial charge in [-0.25, -0.2) is 4.98 Å². The molecule has 18 heavy (non-hydrogen) atoms. The Morgan fingerprint density at radius 3 is 2.83 bits per heavy atom. The Morgan fingerprint density at radius 2 is 2.06 bits per heavy atom. The summed E-state index contributed by atoms with van der Waals surface area (Å²) in [6.45, 7) is 9.65. The highest BCUT2D eigenvalue weighted by molar-refractivity contribution is 5.45. The fourth-order valence-electron chi connectivity index (χ4n) is 2.59. The van der Waals surface area contributed by atoms with Gasteiger partial charge in [-0.05, 0) is 31.5 Å². The SMILES string of the molecule is Cc1ccn2c(CN3CCNCC3)c(C)nc2c1. The van der Waals surface area contributed by atoms with Gasteiger partial charge in [0.1, 0.15) is 5.65 Å². The van der Waals surface area contributed by atoms with E-state index in [1.165, 1.54) is 11.3 Å². The number of nitrogens with zero attached hydrogens (tertiary/aromatic N) is 3. The van der Waals surface area contributed by atoms with Crippen LogP contribution in [-0.2, 0) is 6.54 Å². The molecule has 96 valence electrons. The molecule has 1 N–H and O–H groups in total. The van der Waals surface area contributed by atoms with Gasteiger partial charge in [0, 0.05) is 38.9 Å². The Morgan fingerprint density at radius 1 is 1.28 bits per heavy atom. The topological polar surface area (TPSA) is 32.6 Å². The lowest BCUT2D eigenvalue weighted by Crippen LogP contribution is -2.43. The Bertz CT molecular complexity index is 552. The van der Waals surface area contributed by atoms with Gasteiger partial charge in [-0.1, -0.05) is 0 Å². The van der Waals surface area contributed by atoms with Gasteiger partial charge in [0.25, 0.3) is 0 Å². The van der Waals surface area contributed by atoms with Gasteiger partial charge in [-0.2, -0.15) is 0 Å². The van der Waals surface area contributed by atoms with Gasteiger partial charge >= 0.3 is 0 Å². The van der Waals surface area contributed by atoms with Crippen LogP contribution in [0.2, 0.25) is 0 Å². The van der Waals surface area contributed by atoms with Crippen LogP contribution < -0.4 is 5.32 Å². The van der Waals surface area contributed by atoms with E-state index < -0.39 is 0 Å². The number of rotatable bonds is 2. The second-order valence-electron chi connectivity index (χ2n) is 5.10. The molecular weight excluding hydrogens is 224 g/mol. The van der Waals surface area contributed by atoms with Gasteiger partial charge < -0.3 is 9.72 Å². The summed E-state index contributed by atoms with van der Waals surface area (Å²) in [6, 6.07) is 4.30. The van der Waals surface area contributed by atoms with Gasteiger partial charge in [-0.15, -0.1) is 0 Å². The first-order valence-electron chi connectivity index (χ1n) is 6.61. The number of fused-ring (bicyclic) bond motifs is 1. The molecule has 1 fully saturated rings. The molecule has 0 aromatic carbocycles. The largest absolute Gasteiger partial charge is 0.314 e. The van der Waals surface area contributed by atoms with E-state index in [9.17, 15) is 0 Å². The summed E-state index contributed by atoms with van der Waals surface area (Å²) in [4.78, 5) is 7.15. The molecule has 4 heteroatoms. The van der Waals surface area contributed by atoms with Crippen LogP contribution in [-0.4, -0.2) is 40.5 Å². The molecule has 4 nitrogen and oxygen atoms in total. The van der Waals surface area contributed by atoms with Gasteiger partial charge in [0.2, 0.25) is 0 Å². The highest BCUT2D eigenvalue weighted by Crippen LogP contribution is 2.15. The van der Waals surface area contributed by atoms with Crippen molar-refractivity contribution >= 4 is 5.65 Å². The number of hydrogen-bond donors (Lipinski definition) is 1. The summed E-state index contributed by atoms with van der Waals surface area (Å²) in [5.74, 6) is 0. The molecule has 0 bridgehead atoms. The molecule has 0 unspecified atom stereocenters. The Kier molecular flexibility index (Phi) is 3.06. The minimum Gasteiger partial charge on any atom is -0.314 e. The maximum Gasteiger partial charge on any atom is 0.137 e. The normalized spacial score (nSPS) is 17.4. The number of nitrogens with one attached hydrogen (secondary N) is 1. The van der Waals surface area contributed by atoms with E-state index in [1.54, 1.807) is 0 Å². The Labute approximate surface area is 108 Å². The van der Waals surface area contributed by atoms with Gasteiger partial charge in [-0.3, -0.25) is 4.90 Å². The minimum absolute atomic E-state index is 0.998. The van der Waals surface area contributed by atoms with Crippen molar-refractivity contribution < 1.29 is 0 Å². The fraction of sp³-hybridized carbons (Fsp3) is 0.500. The average Bonchev–Trinajstić information content (AvgIpc) is 2.66. The first-order valence-corrected chi connectivity index (χ1v) is 6.61. The van der Waals surface area contributed by atoms with E-state index in [0.717, 1.165) is 44.1 Å². The Hall–Kier alpha value is -1.39. The van der Waals surface area contributed by atoms with Gasteiger partial charge in [0.15, 0.2) is 0 Å². The third-order valence-corrected chi connectivity index (χ3v) is 3.66. The quantitative estimate of drug-likeness (QED) is 0.865. The van der Waals surface area contributed by atoms with Crippen LogP contribution >= 0.6 is 0 Å². The van der Waals surface area contributed by atoms with Crippen LogP contribution in [0.25, 0.3) is 5.65 Å². The second-order valence-corrected chi connectivity index (χ2v) is 5.10. The zero-order valence-electron chi connectivity index (χ0n) is 11.1. The standard InChI is InChI=1S/C14H20N4/c1-11-3-6-18-13(12(2)16-14(18)9-11)10-17-7-4-15-5-8-17/h3,6,9,15H,4-5,7-8,10H2,1-2H3. The number of aromatic nitrogens is 2. The third kappa shape index (κ3) is 2.13. The molecule has 1 aliphatic heterocycles. The van der Waals surface area contributed by atoms with Crippen molar-refractivity contribution in [3.8, 4) is 0 Å². The molecular formula is C14H20N4. The Balaban J connectivity index is 1.92. The monoisotopic (exact) mass is 244 g/mol. The third-order valence-electron chi connectivity index (χ3n) is 3.66. The second kappa shape index (κ2) is 4.71. The number of pyridine rings is 1. The molecule has 0 aliphatic carbocycles. The van der Waals surface area contributed by atoms with Crippen molar-refractivity contribution in [2.24, 2.45) is 0 Å². The molecule has 1 saturated heterocycles. The van der Waals surface area contributed by atoms with Crippen molar-refractivity contribution in [1.82, 2.24) is 19.6 Å². The van der Waals surface area contributed by atoms with E-state index in [2.05, 4.69) is 51.8 Å². The minimum atomic E-state index is 0.998. The summed E-state index contributed by atoms with van der Waals surface area (Å²) in [7, 11) is 0. The molecule has 0 radical (unpaired) electrons. The molecule has 3 heterocycles. The highest BCUT2D eigenvalue weighted by atomic mass is 15.2. The predicted octanol–water partition coefficient (Wildman–Crippen LogP) is 1.36. The van der Waals surface area contributed by atoms with Crippen LogP contribution in [0.15, 0.2) is 18.3 Å². The fourth-order valence-corrected chi connectivity index (χ4v) is 2.59. The van der Waals surface area contributed by atoms with Crippen LogP contribution in [0.1, 0.15) is 17.0 Å². The van der Waals surface area contributed by atoms with Crippen molar-refractivity contribution in [2.45, 2.75) is 20.4 Å².